The first-order chi connectivity index (χ1) is 10.8. The zero-order valence-electron chi connectivity index (χ0n) is 12.3. The molecule has 1 aliphatic heterocycles. The molecule has 0 bridgehead atoms. The fourth-order valence-corrected chi connectivity index (χ4v) is 3.01. The van der Waals surface area contributed by atoms with Gasteiger partial charge in [0.25, 0.3) is 5.91 Å². The number of para-hydroxylation sites is 1. The Kier molecular flexibility index (Phi) is 3.62. The first-order valence-corrected chi connectivity index (χ1v) is 7.34. The van der Waals surface area contributed by atoms with Crippen LogP contribution in [0.3, 0.4) is 0 Å². The molecule has 1 atom stereocenters. The highest BCUT2D eigenvalue weighted by Crippen LogP contribution is 2.43. The van der Waals surface area contributed by atoms with Crippen LogP contribution >= 0.6 is 11.6 Å². The maximum atomic E-state index is 12.5. The van der Waals surface area contributed by atoms with Crippen molar-refractivity contribution in [3.63, 3.8) is 0 Å². The van der Waals surface area contributed by atoms with Gasteiger partial charge in [-0.3, -0.25) is 9.59 Å². The number of aliphatic hydroxyl groups is 1. The second-order valence-corrected chi connectivity index (χ2v) is 5.94. The number of halogens is 1. The van der Waals surface area contributed by atoms with E-state index in [9.17, 15) is 19.8 Å². The van der Waals surface area contributed by atoms with Crippen molar-refractivity contribution in [1.82, 2.24) is 0 Å². The molecule has 23 heavy (non-hydrogen) atoms. The van der Waals surface area contributed by atoms with Crippen molar-refractivity contribution in [3.05, 3.63) is 58.6 Å². The minimum Gasteiger partial charge on any atom is -0.507 e. The number of carbonyl (C=O) groups is 2. The number of Topliss-reactive ketones (excluding diaryl/α,β-unsaturated/α-hetero) is 1. The molecule has 5 nitrogen and oxygen atoms in total. The van der Waals surface area contributed by atoms with E-state index in [0.717, 1.165) is 0 Å². The van der Waals surface area contributed by atoms with E-state index in [1.165, 1.54) is 30.1 Å². The molecule has 6 heteroatoms. The van der Waals surface area contributed by atoms with Gasteiger partial charge in [-0.15, -0.1) is 0 Å². The molecule has 0 radical (unpaired) electrons. The topological polar surface area (TPSA) is 77.8 Å². The number of phenols is 1. The molecule has 2 N–H and O–H groups in total. The van der Waals surface area contributed by atoms with E-state index in [-0.39, 0.29) is 11.3 Å². The maximum absolute atomic E-state index is 12.5. The number of amides is 1. The zero-order valence-corrected chi connectivity index (χ0v) is 13.0. The molecule has 2 aromatic carbocycles. The molecule has 3 rings (SSSR count). The SMILES string of the molecule is CN1C(=O)[C@](O)(CC(=O)c2ccccc2O)c2cc(Cl)ccc21. The Morgan fingerprint density at radius 2 is 1.96 bits per heavy atom. The summed E-state index contributed by atoms with van der Waals surface area (Å²) in [6.07, 6.45) is -0.471. The number of fused-ring (bicyclic) bond motifs is 1. The van der Waals surface area contributed by atoms with Crippen LogP contribution in [-0.2, 0) is 10.4 Å². The third-order valence-electron chi connectivity index (χ3n) is 4.04. The minimum absolute atomic E-state index is 0.0619. The van der Waals surface area contributed by atoms with Crippen LogP contribution < -0.4 is 4.90 Å². The van der Waals surface area contributed by atoms with Crippen molar-refractivity contribution in [2.75, 3.05) is 11.9 Å². The lowest BCUT2D eigenvalue weighted by Crippen LogP contribution is -2.40. The number of likely N-dealkylation sites (N-methyl/N-ethyl adjacent to an activating group) is 1. The van der Waals surface area contributed by atoms with Gasteiger partial charge in [0.15, 0.2) is 11.4 Å². The highest BCUT2D eigenvalue weighted by atomic mass is 35.5. The van der Waals surface area contributed by atoms with Crippen LogP contribution in [0.4, 0.5) is 5.69 Å². The monoisotopic (exact) mass is 331 g/mol. The van der Waals surface area contributed by atoms with E-state index in [1.54, 1.807) is 24.3 Å². The first kappa shape index (κ1) is 15.5. The molecule has 118 valence electrons. The van der Waals surface area contributed by atoms with Gasteiger partial charge < -0.3 is 15.1 Å². The lowest BCUT2D eigenvalue weighted by molar-refractivity contribution is -0.135. The summed E-state index contributed by atoms with van der Waals surface area (Å²) in [4.78, 5) is 26.2. The van der Waals surface area contributed by atoms with Crippen LogP contribution in [0.2, 0.25) is 5.02 Å². The van der Waals surface area contributed by atoms with Crippen molar-refractivity contribution in [2.45, 2.75) is 12.0 Å². The molecule has 0 aliphatic carbocycles. The predicted molar refractivity (Wildman–Crippen MR) is 85.8 cm³/mol. The van der Waals surface area contributed by atoms with Gasteiger partial charge in [-0.05, 0) is 30.3 Å². The van der Waals surface area contributed by atoms with Crippen LogP contribution in [-0.4, -0.2) is 29.0 Å². The number of carbonyl (C=O) groups excluding carboxylic acids is 2. The van der Waals surface area contributed by atoms with Gasteiger partial charge >= 0.3 is 0 Å². The summed E-state index contributed by atoms with van der Waals surface area (Å²) in [6.45, 7) is 0. The van der Waals surface area contributed by atoms with Crippen molar-refractivity contribution < 1.29 is 19.8 Å². The summed E-state index contributed by atoms with van der Waals surface area (Å²) in [5.74, 6) is -1.31. The van der Waals surface area contributed by atoms with E-state index in [1.807, 2.05) is 0 Å². The molecule has 1 aliphatic rings. The second-order valence-electron chi connectivity index (χ2n) is 5.50. The van der Waals surface area contributed by atoms with Gasteiger partial charge in [-0.2, -0.15) is 0 Å². The average molecular weight is 332 g/mol. The van der Waals surface area contributed by atoms with E-state index in [2.05, 4.69) is 0 Å². The average Bonchev–Trinajstić information content (AvgIpc) is 2.69. The molecule has 0 unspecified atom stereocenters. The number of anilines is 1. The molecule has 0 spiro atoms. The summed E-state index contributed by atoms with van der Waals surface area (Å²) in [5, 5.41) is 21.0. The Morgan fingerprint density at radius 1 is 1.26 bits per heavy atom. The number of ketones is 1. The van der Waals surface area contributed by atoms with E-state index in [4.69, 9.17) is 11.6 Å². The third kappa shape index (κ3) is 2.38. The normalized spacial score (nSPS) is 19.8. The Labute approximate surface area is 137 Å². The summed E-state index contributed by atoms with van der Waals surface area (Å²) in [7, 11) is 1.53. The highest BCUT2D eigenvalue weighted by Gasteiger charge is 2.50. The lowest BCUT2D eigenvalue weighted by Gasteiger charge is -2.21. The van der Waals surface area contributed by atoms with Crippen molar-refractivity contribution in [3.8, 4) is 5.75 Å². The predicted octanol–water partition coefficient (Wildman–Crippen LogP) is 2.48. The van der Waals surface area contributed by atoms with Gasteiger partial charge in [0.05, 0.1) is 17.7 Å². The van der Waals surface area contributed by atoms with Gasteiger partial charge in [0, 0.05) is 17.6 Å². The molecule has 1 amide bonds. The Morgan fingerprint density at radius 3 is 2.65 bits per heavy atom. The van der Waals surface area contributed by atoms with Crippen LogP contribution in [0.1, 0.15) is 22.3 Å². The van der Waals surface area contributed by atoms with E-state index in [0.29, 0.717) is 16.3 Å². The van der Waals surface area contributed by atoms with Crippen molar-refractivity contribution in [1.29, 1.82) is 0 Å². The third-order valence-corrected chi connectivity index (χ3v) is 4.28. The maximum Gasteiger partial charge on any atom is 0.263 e. The van der Waals surface area contributed by atoms with Crippen LogP contribution in [0, 0.1) is 0 Å². The van der Waals surface area contributed by atoms with Gasteiger partial charge in [-0.1, -0.05) is 23.7 Å². The number of rotatable bonds is 3. The Bertz CT molecular complexity index is 820. The highest BCUT2D eigenvalue weighted by molar-refractivity contribution is 6.31. The van der Waals surface area contributed by atoms with Crippen LogP contribution in [0.25, 0.3) is 0 Å². The Balaban J connectivity index is 2.03. The summed E-state index contributed by atoms with van der Waals surface area (Å²) >= 11 is 5.96. The molecule has 1 heterocycles. The van der Waals surface area contributed by atoms with Gasteiger partial charge in [-0.25, -0.2) is 0 Å². The van der Waals surface area contributed by atoms with Gasteiger partial charge in [0.1, 0.15) is 5.75 Å². The summed E-state index contributed by atoms with van der Waals surface area (Å²) in [5.41, 5.74) is -1.13. The lowest BCUT2D eigenvalue weighted by atomic mass is 9.88. The number of benzene rings is 2. The summed E-state index contributed by atoms with van der Waals surface area (Å²) in [6, 6.07) is 10.7. The smallest absolute Gasteiger partial charge is 0.263 e. The minimum atomic E-state index is -1.99. The molecule has 0 saturated heterocycles. The van der Waals surface area contributed by atoms with Crippen molar-refractivity contribution >= 4 is 29.0 Å². The summed E-state index contributed by atoms with van der Waals surface area (Å²) < 4.78 is 0. The van der Waals surface area contributed by atoms with E-state index < -0.39 is 23.7 Å². The quantitative estimate of drug-likeness (QED) is 0.847. The number of aromatic hydroxyl groups is 1. The van der Waals surface area contributed by atoms with Crippen LogP contribution in [0.5, 0.6) is 5.75 Å². The number of hydrogen-bond acceptors (Lipinski definition) is 4. The molecule has 0 saturated carbocycles. The van der Waals surface area contributed by atoms with Gasteiger partial charge in [0.2, 0.25) is 0 Å². The number of hydrogen-bond donors (Lipinski definition) is 2. The molecule has 0 fully saturated rings. The zero-order chi connectivity index (χ0) is 16.8. The molecular weight excluding hydrogens is 318 g/mol. The van der Waals surface area contributed by atoms with Crippen molar-refractivity contribution in [2.24, 2.45) is 0 Å². The Hall–Kier alpha value is -2.37. The number of nitrogens with zero attached hydrogens (tertiary/aromatic N) is 1. The first-order valence-electron chi connectivity index (χ1n) is 6.96. The molecular formula is C17H14ClNO4. The fraction of sp³-hybridized carbons (Fsp3) is 0.176. The molecule has 0 aromatic heterocycles. The standard InChI is InChI=1S/C17H14ClNO4/c1-19-13-7-6-10(18)8-12(13)17(23,16(19)22)9-15(21)11-4-2-3-5-14(11)20/h2-8,20,23H,9H2,1H3/t17-/m0/s1. The fourth-order valence-electron chi connectivity index (χ4n) is 2.84. The number of phenolic OH excluding ortho intramolecular Hbond substituents is 1. The van der Waals surface area contributed by atoms with Crippen LogP contribution in [0.15, 0.2) is 42.5 Å². The molecule has 2 aromatic rings. The largest absolute Gasteiger partial charge is 0.507 e. The second kappa shape index (κ2) is 5.37. The van der Waals surface area contributed by atoms with E-state index >= 15 is 0 Å².